The van der Waals surface area contributed by atoms with Crippen molar-refractivity contribution in [2.75, 3.05) is 19.8 Å². The molecule has 0 bridgehead atoms. The van der Waals surface area contributed by atoms with Crippen LogP contribution in [-0.2, 0) is 35.0 Å². The Hall–Kier alpha value is -4.61. The van der Waals surface area contributed by atoms with E-state index in [2.05, 4.69) is 0 Å². The van der Waals surface area contributed by atoms with E-state index in [1.54, 1.807) is 0 Å². The van der Waals surface area contributed by atoms with E-state index in [0.29, 0.717) is 0 Å². The van der Waals surface area contributed by atoms with Gasteiger partial charge in [-0.3, -0.25) is 4.79 Å². The van der Waals surface area contributed by atoms with Crippen molar-refractivity contribution in [2.24, 2.45) is 0 Å². The molecular formula is C32H36O20. The Labute approximate surface area is 291 Å². The number of phenolic OH excluding ortho intramolecular Hbond substituents is 3. The van der Waals surface area contributed by atoms with Crippen LogP contribution in [0, 0.1) is 0 Å². The van der Waals surface area contributed by atoms with E-state index in [1.807, 2.05) is 0 Å². The number of esters is 1. The lowest BCUT2D eigenvalue weighted by molar-refractivity contribution is -0.306. The highest BCUT2D eigenvalue weighted by molar-refractivity contribution is 5.86. The molecule has 1 aromatic heterocycles. The molecule has 2 saturated heterocycles. The van der Waals surface area contributed by atoms with Crippen LogP contribution >= 0.6 is 0 Å². The first-order valence-corrected chi connectivity index (χ1v) is 15.7. The van der Waals surface area contributed by atoms with E-state index in [-0.39, 0.29) is 66.3 Å². The standard InChI is InChI=1S/C32H36O20/c33-3-1-5-47-28-24(42)23(41)27(30(46)52-31-25(43)21(39)22(40)26(50-31)29(44)45)51-32(28)48-13-8-14(35)19-15(36)10-17(49-18(19)9-13)12-6-11(2-4-34)20(38)16(37)7-12/h6-10,21-28,31-35,37-43H,1-5H2,(H,44,45)/t21-,22-,23-,24-,25+,26-,27-,28+,31+,32-/m0/s1. The van der Waals surface area contributed by atoms with Crippen LogP contribution in [0.2, 0.25) is 0 Å². The predicted octanol–water partition coefficient (Wildman–Crippen LogP) is -2.86. The second-order valence-corrected chi connectivity index (χ2v) is 11.9. The lowest BCUT2D eigenvalue weighted by Crippen LogP contribution is -2.64. The summed E-state index contributed by atoms with van der Waals surface area (Å²) in [7, 11) is 0. The minimum Gasteiger partial charge on any atom is -0.507 e. The molecule has 0 unspecified atom stereocenters. The number of carboxylic acids is 1. The third-order valence-corrected chi connectivity index (χ3v) is 8.31. The van der Waals surface area contributed by atoms with E-state index in [1.165, 1.54) is 6.07 Å². The third-order valence-electron chi connectivity index (χ3n) is 8.31. The lowest BCUT2D eigenvalue weighted by atomic mass is 9.97. The minimum atomic E-state index is -2.19. The number of benzene rings is 2. The van der Waals surface area contributed by atoms with Gasteiger partial charge in [-0.1, -0.05) is 0 Å². The molecule has 0 spiro atoms. The number of fused-ring (bicyclic) bond motifs is 1. The first kappa shape index (κ1) is 38.6. The van der Waals surface area contributed by atoms with Crippen LogP contribution in [0.25, 0.3) is 22.3 Å². The average molecular weight is 741 g/mol. The van der Waals surface area contributed by atoms with Gasteiger partial charge in [0.15, 0.2) is 29.1 Å². The highest BCUT2D eigenvalue weighted by Crippen LogP contribution is 2.38. The number of aromatic hydroxyl groups is 3. The Morgan fingerprint density at radius 1 is 0.769 bits per heavy atom. The van der Waals surface area contributed by atoms with E-state index in [4.69, 9.17) is 28.1 Å². The van der Waals surface area contributed by atoms with Crippen molar-refractivity contribution in [3.8, 4) is 34.3 Å². The molecule has 3 aromatic rings. The molecule has 0 radical (unpaired) electrons. The SMILES string of the molecule is O=C(O)[C@H]1O[C@H](OC(=O)[C@H]2O[C@H](Oc3cc(O)c4c(=O)cc(-c5cc(O)c(O)c(CCO)c5)oc4c3)[C@H](OCCCO)[C@@H](O)[C@@H]2O)[C@H](O)[C@@H](O)[C@@H]1O. The first-order valence-electron chi connectivity index (χ1n) is 15.7. The smallest absolute Gasteiger partial charge is 0.340 e. The number of ether oxygens (including phenoxy) is 5. The predicted molar refractivity (Wildman–Crippen MR) is 167 cm³/mol. The molecule has 2 aliphatic heterocycles. The molecule has 10 atom stereocenters. The van der Waals surface area contributed by atoms with E-state index < -0.39 is 96.0 Å². The Bertz CT molecular complexity index is 1830. The van der Waals surface area contributed by atoms with Gasteiger partial charge in [0.2, 0.25) is 12.6 Å². The van der Waals surface area contributed by atoms with Gasteiger partial charge in [-0.05, 0) is 25.0 Å². The van der Waals surface area contributed by atoms with Gasteiger partial charge < -0.3 is 84.3 Å². The number of hydrogen-bond acceptors (Lipinski definition) is 19. The normalized spacial score (nSPS) is 29.1. The summed E-state index contributed by atoms with van der Waals surface area (Å²) in [6.45, 7) is -0.935. The van der Waals surface area contributed by atoms with E-state index >= 15 is 0 Å². The van der Waals surface area contributed by atoms with Crippen molar-refractivity contribution >= 4 is 22.9 Å². The molecule has 284 valence electrons. The maximum atomic E-state index is 13.2. The summed E-state index contributed by atoms with van der Waals surface area (Å²) in [6, 6.07) is 5.52. The highest BCUT2D eigenvalue weighted by Gasteiger charge is 2.53. The topological polar surface area (TPSA) is 333 Å². The van der Waals surface area contributed by atoms with Crippen molar-refractivity contribution < 1.29 is 93.9 Å². The molecule has 0 amide bonds. The number of phenols is 3. The van der Waals surface area contributed by atoms with E-state index in [9.17, 15) is 70.6 Å². The quantitative estimate of drug-likeness (QED) is 0.0505. The molecule has 2 fully saturated rings. The largest absolute Gasteiger partial charge is 0.507 e. The minimum absolute atomic E-state index is 0.0465. The zero-order valence-electron chi connectivity index (χ0n) is 26.8. The number of rotatable bonds is 12. The summed E-state index contributed by atoms with van der Waals surface area (Å²) in [5.74, 6) is -5.50. The highest BCUT2D eigenvalue weighted by atomic mass is 16.8. The molecule has 3 heterocycles. The first-order chi connectivity index (χ1) is 24.7. The molecule has 2 aromatic carbocycles. The molecule has 2 aliphatic rings. The number of carbonyl (C=O) groups excluding carboxylic acids is 1. The fourth-order valence-electron chi connectivity index (χ4n) is 5.64. The summed E-state index contributed by atoms with van der Waals surface area (Å²) in [5.41, 5.74) is -0.780. The molecular weight excluding hydrogens is 704 g/mol. The Morgan fingerprint density at radius 2 is 1.46 bits per heavy atom. The third kappa shape index (κ3) is 7.76. The van der Waals surface area contributed by atoms with Crippen molar-refractivity contribution in [1.29, 1.82) is 0 Å². The molecule has 52 heavy (non-hydrogen) atoms. The van der Waals surface area contributed by atoms with Gasteiger partial charge in [0, 0.05) is 49.1 Å². The fraction of sp³-hybridized carbons (Fsp3) is 0.469. The second-order valence-electron chi connectivity index (χ2n) is 11.9. The van der Waals surface area contributed by atoms with Gasteiger partial charge in [0.25, 0.3) is 0 Å². The van der Waals surface area contributed by atoms with Crippen molar-refractivity contribution in [3.05, 3.63) is 46.1 Å². The zero-order valence-corrected chi connectivity index (χ0v) is 26.8. The van der Waals surface area contributed by atoms with Gasteiger partial charge in [0.05, 0.1) is 0 Å². The van der Waals surface area contributed by atoms with Gasteiger partial charge in [-0.25, -0.2) is 9.59 Å². The van der Waals surface area contributed by atoms with Crippen LogP contribution in [0.5, 0.6) is 23.0 Å². The second kappa shape index (κ2) is 16.0. The van der Waals surface area contributed by atoms with Crippen molar-refractivity contribution in [1.82, 2.24) is 0 Å². The average Bonchev–Trinajstić information content (AvgIpc) is 3.09. The molecule has 0 saturated carbocycles. The van der Waals surface area contributed by atoms with E-state index in [0.717, 1.165) is 24.3 Å². The van der Waals surface area contributed by atoms with Crippen LogP contribution in [-0.4, -0.2) is 149 Å². The number of carboxylic acid groups (broad SMARTS) is 1. The maximum Gasteiger partial charge on any atom is 0.340 e. The summed E-state index contributed by atoms with van der Waals surface area (Å²) < 4.78 is 32.7. The Morgan fingerprint density at radius 3 is 2.13 bits per heavy atom. The monoisotopic (exact) mass is 740 g/mol. The Balaban J connectivity index is 1.46. The number of aliphatic hydroxyl groups excluding tert-OH is 7. The fourth-order valence-corrected chi connectivity index (χ4v) is 5.64. The van der Waals surface area contributed by atoms with Crippen molar-refractivity contribution in [3.63, 3.8) is 0 Å². The maximum absolute atomic E-state index is 13.2. The van der Waals surface area contributed by atoms with Crippen molar-refractivity contribution in [2.45, 2.75) is 74.3 Å². The number of aliphatic hydroxyl groups is 7. The van der Waals surface area contributed by atoms with Crippen LogP contribution in [0.1, 0.15) is 12.0 Å². The van der Waals surface area contributed by atoms with Crippen LogP contribution < -0.4 is 10.2 Å². The summed E-state index contributed by atoms with van der Waals surface area (Å²) in [5, 5.41) is 111. The van der Waals surface area contributed by atoms with Crippen LogP contribution in [0.3, 0.4) is 0 Å². The van der Waals surface area contributed by atoms with Gasteiger partial charge in [-0.15, -0.1) is 0 Å². The Kier molecular flexibility index (Phi) is 11.9. The van der Waals surface area contributed by atoms with Crippen LogP contribution in [0.15, 0.2) is 39.5 Å². The number of aliphatic carboxylic acids is 1. The summed E-state index contributed by atoms with van der Waals surface area (Å²) in [4.78, 5) is 37.7. The van der Waals surface area contributed by atoms with Crippen LogP contribution in [0.4, 0.5) is 0 Å². The summed E-state index contributed by atoms with van der Waals surface area (Å²) >= 11 is 0. The lowest BCUT2D eigenvalue weighted by Gasteiger charge is -2.42. The van der Waals surface area contributed by atoms with Gasteiger partial charge in [0.1, 0.15) is 64.9 Å². The molecule has 5 rings (SSSR count). The van der Waals surface area contributed by atoms with Gasteiger partial charge >= 0.3 is 11.9 Å². The number of hydrogen-bond donors (Lipinski definition) is 11. The molecule has 20 heteroatoms. The zero-order chi connectivity index (χ0) is 38.0. The van der Waals surface area contributed by atoms with Gasteiger partial charge in [-0.2, -0.15) is 0 Å². The summed E-state index contributed by atoms with van der Waals surface area (Å²) in [6.07, 6.45) is -20.4. The molecule has 11 N–H and O–H groups in total. The molecule has 20 nitrogen and oxygen atoms in total. The molecule has 0 aliphatic carbocycles. The number of carbonyl (C=O) groups is 2.